The zero-order valence-electron chi connectivity index (χ0n) is 20.1. The average molecular weight is 564 g/mol. The number of nitrogens with zero attached hydrogens (tertiary/aromatic N) is 1. The Morgan fingerprint density at radius 3 is 2.19 bits per heavy atom. The molecule has 1 N–H and O–H groups in total. The van der Waals surface area contributed by atoms with Crippen molar-refractivity contribution in [2.24, 2.45) is 0 Å². The van der Waals surface area contributed by atoms with E-state index in [1.54, 1.807) is 23.1 Å². The van der Waals surface area contributed by atoms with E-state index in [9.17, 15) is 9.59 Å². The summed E-state index contributed by atoms with van der Waals surface area (Å²) in [5, 5.41) is 4.56. The highest BCUT2D eigenvalue weighted by Crippen LogP contribution is 2.28. The first kappa shape index (κ1) is 28.4. The molecular formula is C28H29Cl3N2O2S. The minimum Gasteiger partial charge on any atom is -0.354 e. The molecule has 190 valence electrons. The molecule has 8 heteroatoms. The SMILES string of the molecule is CCCNC(=O)C(Cc1ccccc1)N(Cc1c(Cl)cccc1Cl)C(=O)CSCc1ccc(Cl)cc1. The van der Waals surface area contributed by atoms with Crippen LogP contribution in [0.1, 0.15) is 30.0 Å². The first-order valence-electron chi connectivity index (χ1n) is 11.7. The summed E-state index contributed by atoms with van der Waals surface area (Å²) in [5.74, 6) is 0.504. The van der Waals surface area contributed by atoms with Gasteiger partial charge in [-0.3, -0.25) is 9.59 Å². The highest BCUT2D eigenvalue weighted by molar-refractivity contribution is 7.99. The largest absolute Gasteiger partial charge is 0.354 e. The summed E-state index contributed by atoms with van der Waals surface area (Å²) in [6.07, 6.45) is 1.18. The first-order valence-corrected chi connectivity index (χ1v) is 14.0. The minimum atomic E-state index is -0.713. The molecule has 3 rings (SSSR count). The van der Waals surface area contributed by atoms with E-state index in [2.05, 4.69) is 5.32 Å². The Hall–Kier alpha value is -2.18. The van der Waals surface area contributed by atoms with E-state index in [4.69, 9.17) is 34.8 Å². The number of thioether (sulfide) groups is 1. The fourth-order valence-corrected chi connectivity index (χ4v) is 5.21. The molecule has 0 bridgehead atoms. The number of carbonyl (C=O) groups is 2. The van der Waals surface area contributed by atoms with E-state index in [1.165, 1.54) is 11.8 Å². The van der Waals surface area contributed by atoms with Gasteiger partial charge in [0.25, 0.3) is 0 Å². The highest BCUT2D eigenvalue weighted by atomic mass is 35.5. The van der Waals surface area contributed by atoms with Crippen LogP contribution in [0.5, 0.6) is 0 Å². The number of rotatable bonds is 12. The molecule has 3 aromatic carbocycles. The lowest BCUT2D eigenvalue weighted by atomic mass is 10.0. The second-order valence-electron chi connectivity index (χ2n) is 8.34. The number of hydrogen-bond donors (Lipinski definition) is 1. The monoisotopic (exact) mass is 562 g/mol. The van der Waals surface area contributed by atoms with Gasteiger partial charge in [-0.05, 0) is 41.8 Å². The van der Waals surface area contributed by atoms with Gasteiger partial charge in [0.1, 0.15) is 6.04 Å². The zero-order chi connectivity index (χ0) is 25.9. The second kappa shape index (κ2) is 14.5. The lowest BCUT2D eigenvalue weighted by Crippen LogP contribution is -2.51. The van der Waals surface area contributed by atoms with E-state index < -0.39 is 6.04 Å². The lowest BCUT2D eigenvalue weighted by molar-refractivity contribution is -0.139. The number of nitrogens with one attached hydrogen (secondary N) is 1. The normalized spacial score (nSPS) is 11.7. The molecule has 2 amide bonds. The second-order valence-corrected chi connectivity index (χ2v) is 10.6. The van der Waals surface area contributed by atoms with Gasteiger partial charge in [-0.2, -0.15) is 0 Å². The van der Waals surface area contributed by atoms with Crippen molar-refractivity contribution >= 4 is 58.4 Å². The third kappa shape index (κ3) is 8.45. The van der Waals surface area contributed by atoms with Gasteiger partial charge in [0.15, 0.2) is 0 Å². The predicted octanol–water partition coefficient (Wildman–Crippen LogP) is 7.05. The molecule has 0 saturated heterocycles. The van der Waals surface area contributed by atoms with E-state index in [-0.39, 0.29) is 24.1 Å². The number of halogens is 3. The molecule has 0 spiro atoms. The minimum absolute atomic E-state index is 0.135. The Kier molecular flexibility index (Phi) is 11.5. The fraction of sp³-hybridized carbons (Fsp3) is 0.286. The molecule has 3 aromatic rings. The van der Waals surface area contributed by atoms with Crippen LogP contribution in [0.4, 0.5) is 0 Å². The Morgan fingerprint density at radius 2 is 1.56 bits per heavy atom. The summed E-state index contributed by atoms with van der Waals surface area (Å²) in [6, 6.07) is 21.8. The van der Waals surface area contributed by atoms with Crippen molar-refractivity contribution in [3.05, 3.63) is 105 Å². The average Bonchev–Trinajstić information content (AvgIpc) is 2.88. The molecule has 0 saturated carbocycles. The molecule has 0 radical (unpaired) electrons. The maximum atomic E-state index is 13.6. The Labute approximate surface area is 232 Å². The smallest absolute Gasteiger partial charge is 0.243 e. The highest BCUT2D eigenvalue weighted by Gasteiger charge is 2.31. The van der Waals surface area contributed by atoms with Crippen molar-refractivity contribution in [1.82, 2.24) is 10.2 Å². The summed E-state index contributed by atoms with van der Waals surface area (Å²) in [7, 11) is 0. The third-order valence-corrected chi connectivity index (χ3v) is 7.57. The number of amides is 2. The van der Waals surface area contributed by atoms with E-state index in [0.29, 0.717) is 39.3 Å². The van der Waals surface area contributed by atoms with Crippen LogP contribution in [0.2, 0.25) is 15.1 Å². The van der Waals surface area contributed by atoms with E-state index >= 15 is 0 Å². The standard InChI is InChI=1S/C28H29Cl3N2O2S/c1-2-15-32-28(35)26(16-20-7-4-3-5-8-20)33(17-23-24(30)9-6-10-25(23)31)27(34)19-36-18-21-11-13-22(29)14-12-21/h3-14,26H,2,15-19H2,1H3,(H,32,35). The molecular weight excluding hydrogens is 535 g/mol. The summed E-state index contributed by atoms with van der Waals surface area (Å²) < 4.78 is 0. The first-order chi connectivity index (χ1) is 17.4. The van der Waals surface area contributed by atoms with Gasteiger partial charge < -0.3 is 10.2 Å². The van der Waals surface area contributed by atoms with E-state index in [0.717, 1.165) is 17.5 Å². The number of hydrogen-bond acceptors (Lipinski definition) is 3. The van der Waals surface area contributed by atoms with Crippen molar-refractivity contribution < 1.29 is 9.59 Å². The molecule has 0 aliphatic rings. The maximum Gasteiger partial charge on any atom is 0.243 e. The molecule has 1 atom stereocenters. The Bertz CT molecular complexity index is 1120. The number of benzene rings is 3. The number of carbonyl (C=O) groups excluding carboxylic acids is 2. The van der Waals surface area contributed by atoms with Gasteiger partial charge in [-0.15, -0.1) is 11.8 Å². The summed E-state index contributed by atoms with van der Waals surface area (Å²) >= 11 is 20.4. The van der Waals surface area contributed by atoms with Crippen LogP contribution in [-0.4, -0.2) is 35.1 Å². The van der Waals surface area contributed by atoms with Crippen molar-refractivity contribution in [2.45, 2.75) is 38.1 Å². The van der Waals surface area contributed by atoms with Crippen LogP contribution < -0.4 is 5.32 Å². The van der Waals surface area contributed by atoms with Gasteiger partial charge in [0.05, 0.1) is 5.75 Å². The molecule has 4 nitrogen and oxygen atoms in total. The van der Waals surface area contributed by atoms with Crippen molar-refractivity contribution in [3.63, 3.8) is 0 Å². The van der Waals surface area contributed by atoms with Crippen molar-refractivity contribution in [2.75, 3.05) is 12.3 Å². The van der Waals surface area contributed by atoms with Gasteiger partial charge in [0, 0.05) is 45.9 Å². The molecule has 0 fully saturated rings. The quantitative estimate of drug-likeness (QED) is 0.257. The van der Waals surface area contributed by atoms with Gasteiger partial charge in [0.2, 0.25) is 11.8 Å². The molecule has 0 aliphatic carbocycles. The van der Waals surface area contributed by atoms with Crippen LogP contribution in [0.25, 0.3) is 0 Å². The van der Waals surface area contributed by atoms with Crippen LogP contribution in [0, 0.1) is 0 Å². The van der Waals surface area contributed by atoms with Gasteiger partial charge in [-0.25, -0.2) is 0 Å². The van der Waals surface area contributed by atoms with Crippen LogP contribution in [0.15, 0.2) is 72.8 Å². The Morgan fingerprint density at radius 1 is 0.889 bits per heavy atom. The molecule has 0 heterocycles. The third-order valence-electron chi connectivity index (χ3n) is 5.62. The lowest BCUT2D eigenvalue weighted by Gasteiger charge is -2.32. The summed E-state index contributed by atoms with van der Waals surface area (Å²) in [6.45, 7) is 2.66. The maximum absolute atomic E-state index is 13.6. The predicted molar refractivity (Wildman–Crippen MR) is 152 cm³/mol. The van der Waals surface area contributed by atoms with Crippen molar-refractivity contribution in [1.29, 1.82) is 0 Å². The van der Waals surface area contributed by atoms with Gasteiger partial charge in [-0.1, -0.05) is 90.3 Å². The van der Waals surface area contributed by atoms with E-state index in [1.807, 2.05) is 61.5 Å². The van der Waals surface area contributed by atoms with Crippen LogP contribution in [0.3, 0.4) is 0 Å². The molecule has 36 heavy (non-hydrogen) atoms. The zero-order valence-corrected chi connectivity index (χ0v) is 23.1. The summed E-state index contributed by atoms with van der Waals surface area (Å²) in [4.78, 5) is 28.6. The molecule has 0 aromatic heterocycles. The molecule has 0 aliphatic heterocycles. The molecule has 1 unspecified atom stereocenters. The van der Waals surface area contributed by atoms with Crippen molar-refractivity contribution in [3.8, 4) is 0 Å². The Balaban J connectivity index is 1.87. The van der Waals surface area contributed by atoms with Crippen LogP contribution >= 0.6 is 46.6 Å². The summed E-state index contributed by atoms with van der Waals surface area (Å²) in [5.41, 5.74) is 2.66. The van der Waals surface area contributed by atoms with Crippen LogP contribution in [-0.2, 0) is 28.3 Å². The van der Waals surface area contributed by atoms with Gasteiger partial charge >= 0.3 is 0 Å². The fourth-order valence-electron chi connectivity index (χ4n) is 3.69. The topological polar surface area (TPSA) is 49.4 Å².